The van der Waals surface area contributed by atoms with Crippen molar-refractivity contribution in [1.29, 1.82) is 5.26 Å². The van der Waals surface area contributed by atoms with Gasteiger partial charge in [0.05, 0.1) is 41.0 Å². The Hall–Kier alpha value is -3.38. The number of nitrogens with one attached hydrogen (secondary N) is 1. The zero-order valence-corrected chi connectivity index (χ0v) is 17.8. The lowest BCUT2D eigenvalue weighted by molar-refractivity contribution is -0.140. The van der Waals surface area contributed by atoms with Crippen molar-refractivity contribution in [3.8, 4) is 6.07 Å². The molecule has 1 aliphatic carbocycles. The number of dihydropyridines is 1. The summed E-state index contributed by atoms with van der Waals surface area (Å²) in [5.41, 5.74) is 7.38. The molecular weight excluding hydrogens is 421 g/mol. The molecule has 2 aliphatic rings. The number of esters is 2. The Morgan fingerprint density at radius 1 is 1.32 bits per heavy atom. The topological polar surface area (TPSA) is 114 Å². The molecule has 1 saturated carbocycles. The Balaban J connectivity index is 1.91. The van der Waals surface area contributed by atoms with Crippen LogP contribution < -0.4 is 11.1 Å². The molecule has 1 fully saturated rings. The number of nitrogens with zero attached hydrogens (tertiary/aromatic N) is 1. The number of carbonyl (C=O) groups is 2. The van der Waals surface area contributed by atoms with Gasteiger partial charge in [0.15, 0.2) is 0 Å². The van der Waals surface area contributed by atoms with Gasteiger partial charge in [-0.05, 0) is 48.8 Å². The van der Waals surface area contributed by atoms with Crippen molar-refractivity contribution in [1.82, 2.24) is 5.32 Å². The van der Waals surface area contributed by atoms with Gasteiger partial charge in [-0.1, -0.05) is 0 Å². The van der Waals surface area contributed by atoms with E-state index in [0.29, 0.717) is 27.4 Å². The third-order valence-electron chi connectivity index (χ3n) is 5.50. The summed E-state index contributed by atoms with van der Waals surface area (Å²) >= 11 is 1.17. The summed E-state index contributed by atoms with van der Waals surface area (Å²) in [6.07, 6.45) is 1.99. The molecule has 0 amide bonds. The van der Waals surface area contributed by atoms with Crippen molar-refractivity contribution in [3.63, 3.8) is 0 Å². The highest BCUT2D eigenvalue weighted by molar-refractivity contribution is 7.17. The summed E-state index contributed by atoms with van der Waals surface area (Å²) in [5, 5.41) is 14.1. The molecule has 0 radical (unpaired) electrons. The van der Waals surface area contributed by atoms with Crippen LogP contribution in [-0.4, -0.2) is 25.7 Å². The van der Waals surface area contributed by atoms with E-state index in [1.165, 1.54) is 30.6 Å². The Morgan fingerprint density at radius 2 is 2.06 bits per heavy atom. The summed E-state index contributed by atoms with van der Waals surface area (Å²) in [5.74, 6) is -2.55. The molecule has 31 heavy (non-hydrogen) atoms. The van der Waals surface area contributed by atoms with Gasteiger partial charge in [-0.3, -0.25) is 0 Å². The van der Waals surface area contributed by atoms with Gasteiger partial charge in [-0.25, -0.2) is 14.0 Å². The summed E-state index contributed by atoms with van der Waals surface area (Å²) in [4.78, 5) is 25.7. The molecule has 4 rings (SSSR count). The number of halogens is 1. The zero-order chi connectivity index (χ0) is 22.3. The van der Waals surface area contributed by atoms with Crippen LogP contribution >= 0.6 is 11.3 Å². The number of methoxy groups -OCH3 is 1. The number of nitriles is 1. The average Bonchev–Trinajstić information content (AvgIpc) is 3.47. The number of hydrogen-bond acceptors (Lipinski definition) is 8. The highest BCUT2D eigenvalue weighted by atomic mass is 32.1. The van der Waals surface area contributed by atoms with Gasteiger partial charge in [0.25, 0.3) is 0 Å². The Morgan fingerprint density at radius 3 is 2.71 bits per heavy atom. The third kappa shape index (κ3) is 3.64. The van der Waals surface area contributed by atoms with Crippen LogP contribution in [0.25, 0.3) is 10.1 Å². The molecule has 1 aromatic carbocycles. The molecule has 1 unspecified atom stereocenters. The molecule has 9 heteroatoms. The van der Waals surface area contributed by atoms with Gasteiger partial charge in [-0.2, -0.15) is 5.26 Å². The van der Waals surface area contributed by atoms with Gasteiger partial charge in [0.2, 0.25) is 0 Å². The monoisotopic (exact) mass is 441 g/mol. The minimum atomic E-state index is -1.00. The van der Waals surface area contributed by atoms with Crippen molar-refractivity contribution in [2.45, 2.75) is 25.7 Å². The van der Waals surface area contributed by atoms with Crippen LogP contribution in [0.1, 0.15) is 36.8 Å². The van der Waals surface area contributed by atoms with Crippen molar-refractivity contribution >= 4 is 33.4 Å². The quantitative estimate of drug-likeness (QED) is 0.685. The second-order valence-corrected chi connectivity index (χ2v) is 8.44. The maximum absolute atomic E-state index is 14.9. The summed E-state index contributed by atoms with van der Waals surface area (Å²) in [7, 11) is 1.23. The second-order valence-electron chi connectivity index (χ2n) is 7.56. The standard InChI is InChI=1S/C22H20FN3O4S/c1-10-15(21(27)29-2)17(18(20(25)26-10)22(28)30-8-11-3-4-11)13-9-31-19-12(7-24)5-6-14(23)16(13)19/h5-6,9,11,17,26H,3-4,8,25H2,1-2H3. The smallest absolute Gasteiger partial charge is 0.338 e. The van der Waals surface area contributed by atoms with E-state index in [1.807, 2.05) is 6.07 Å². The van der Waals surface area contributed by atoms with Crippen LogP contribution in [0.5, 0.6) is 0 Å². The Kier molecular flexibility index (Phi) is 5.41. The van der Waals surface area contributed by atoms with E-state index in [1.54, 1.807) is 12.3 Å². The lowest BCUT2D eigenvalue weighted by Crippen LogP contribution is -2.36. The number of benzene rings is 1. The van der Waals surface area contributed by atoms with Crippen molar-refractivity contribution < 1.29 is 23.5 Å². The first-order valence-corrected chi connectivity index (χ1v) is 10.6. The predicted octanol–water partition coefficient (Wildman–Crippen LogP) is 3.17. The minimum Gasteiger partial charge on any atom is -0.466 e. The summed E-state index contributed by atoms with van der Waals surface area (Å²) in [6, 6.07) is 4.65. The number of hydrogen-bond donors (Lipinski definition) is 2. The van der Waals surface area contributed by atoms with E-state index in [4.69, 9.17) is 15.2 Å². The zero-order valence-electron chi connectivity index (χ0n) is 17.0. The molecule has 2 aromatic rings. The lowest BCUT2D eigenvalue weighted by atomic mass is 9.81. The fourth-order valence-corrected chi connectivity index (χ4v) is 4.83. The molecule has 1 aromatic heterocycles. The molecule has 2 heterocycles. The van der Waals surface area contributed by atoms with Gasteiger partial charge >= 0.3 is 11.9 Å². The molecule has 3 N–H and O–H groups in total. The maximum atomic E-state index is 14.9. The van der Waals surface area contributed by atoms with Crippen LogP contribution in [0, 0.1) is 23.1 Å². The molecular formula is C22H20FN3O4S. The first-order chi connectivity index (χ1) is 14.9. The molecule has 0 bridgehead atoms. The second kappa shape index (κ2) is 8.04. The largest absolute Gasteiger partial charge is 0.466 e. The number of fused-ring (bicyclic) bond motifs is 1. The van der Waals surface area contributed by atoms with Gasteiger partial charge in [0, 0.05) is 11.1 Å². The van der Waals surface area contributed by atoms with E-state index >= 15 is 0 Å². The van der Waals surface area contributed by atoms with E-state index in [-0.39, 0.29) is 29.0 Å². The number of carbonyl (C=O) groups excluding carboxylic acids is 2. The van der Waals surface area contributed by atoms with Crippen LogP contribution in [-0.2, 0) is 19.1 Å². The molecule has 1 atom stereocenters. The Labute approximate surface area is 181 Å². The molecule has 1 aliphatic heterocycles. The summed E-state index contributed by atoms with van der Waals surface area (Å²) in [6.45, 7) is 1.89. The minimum absolute atomic E-state index is 0.0214. The van der Waals surface area contributed by atoms with E-state index in [2.05, 4.69) is 5.32 Å². The molecule has 160 valence electrons. The van der Waals surface area contributed by atoms with Gasteiger partial charge in [0.1, 0.15) is 17.7 Å². The summed E-state index contributed by atoms with van der Waals surface area (Å²) < 4.78 is 25.8. The maximum Gasteiger partial charge on any atom is 0.338 e. The lowest BCUT2D eigenvalue weighted by Gasteiger charge is -2.29. The van der Waals surface area contributed by atoms with Crippen LogP contribution in [0.15, 0.2) is 40.2 Å². The normalized spacial score (nSPS) is 18.6. The van der Waals surface area contributed by atoms with E-state index in [0.717, 1.165) is 12.8 Å². The van der Waals surface area contributed by atoms with Crippen molar-refractivity contribution in [3.05, 3.63) is 57.1 Å². The third-order valence-corrected chi connectivity index (χ3v) is 6.53. The van der Waals surface area contributed by atoms with Gasteiger partial charge < -0.3 is 20.5 Å². The highest BCUT2D eigenvalue weighted by Crippen LogP contribution is 2.44. The fraction of sp³-hybridized carbons (Fsp3) is 0.318. The van der Waals surface area contributed by atoms with Crippen molar-refractivity contribution in [2.75, 3.05) is 13.7 Å². The van der Waals surface area contributed by atoms with Crippen LogP contribution in [0.2, 0.25) is 0 Å². The number of rotatable bonds is 5. The number of thiophene rings is 1. The Bertz CT molecular complexity index is 1200. The number of ether oxygens (including phenoxy) is 2. The molecule has 0 spiro atoms. The van der Waals surface area contributed by atoms with E-state index < -0.39 is 23.7 Å². The van der Waals surface area contributed by atoms with Crippen LogP contribution in [0.3, 0.4) is 0 Å². The first kappa shape index (κ1) is 20.9. The first-order valence-electron chi connectivity index (χ1n) is 9.69. The number of allylic oxidation sites excluding steroid dienone is 1. The van der Waals surface area contributed by atoms with Gasteiger partial charge in [-0.15, -0.1) is 11.3 Å². The predicted molar refractivity (Wildman–Crippen MR) is 112 cm³/mol. The number of nitrogens with two attached hydrogens (primary N) is 1. The fourth-order valence-electron chi connectivity index (χ4n) is 3.76. The van der Waals surface area contributed by atoms with E-state index in [9.17, 15) is 19.2 Å². The highest BCUT2D eigenvalue weighted by Gasteiger charge is 2.40. The molecule has 0 saturated heterocycles. The molecule has 7 nitrogen and oxygen atoms in total. The van der Waals surface area contributed by atoms with Crippen molar-refractivity contribution in [2.24, 2.45) is 11.7 Å². The SMILES string of the molecule is COC(=O)C1=C(C)NC(N)=C(C(=O)OCC2CC2)C1c1csc2c(C#N)ccc(F)c12. The average molecular weight is 441 g/mol. The van der Waals surface area contributed by atoms with Crippen LogP contribution in [0.4, 0.5) is 4.39 Å².